The van der Waals surface area contributed by atoms with Gasteiger partial charge in [-0.3, -0.25) is 4.79 Å². The van der Waals surface area contributed by atoms with Gasteiger partial charge in [0.15, 0.2) is 0 Å². The summed E-state index contributed by atoms with van der Waals surface area (Å²) in [7, 11) is -3.71. The molecule has 0 saturated heterocycles. The maximum Gasteiger partial charge on any atom is 0.252 e. The molecule has 0 saturated carbocycles. The minimum Gasteiger partial charge on any atom is -0.322 e. The Morgan fingerprint density at radius 3 is 2.32 bits per heavy atom. The number of benzene rings is 2. The van der Waals surface area contributed by atoms with Gasteiger partial charge in [0.25, 0.3) is 5.56 Å². The summed E-state index contributed by atoms with van der Waals surface area (Å²) in [5.41, 5.74) is 3.21. The third kappa shape index (κ3) is 3.50. The Labute approximate surface area is 146 Å². The third-order valence-corrected chi connectivity index (χ3v) is 5.86. The first-order chi connectivity index (χ1) is 11.8. The molecule has 1 aromatic heterocycles. The normalized spacial score (nSPS) is 11.8. The molecule has 1 heterocycles. The van der Waals surface area contributed by atoms with E-state index in [4.69, 9.17) is 0 Å². The fraction of sp³-hybridized carbons (Fsp3) is 0.211. The van der Waals surface area contributed by atoms with E-state index in [1.807, 2.05) is 43.3 Å². The molecule has 5 nitrogen and oxygen atoms in total. The largest absolute Gasteiger partial charge is 0.322 e. The Balaban J connectivity index is 1.93. The number of H-pyrrole nitrogens is 1. The molecule has 0 unspecified atom stereocenters. The lowest BCUT2D eigenvalue weighted by Gasteiger charge is -2.13. The number of rotatable bonds is 4. The second-order valence-corrected chi connectivity index (χ2v) is 7.97. The smallest absolute Gasteiger partial charge is 0.252 e. The van der Waals surface area contributed by atoms with Crippen molar-refractivity contribution in [1.82, 2.24) is 9.71 Å². The summed E-state index contributed by atoms with van der Waals surface area (Å²) in [5, 5.41) is 0.860. The Bertz CT molecular complexity index is 1090. The van der Waals surface area contributed by atoms with Gasteiger partial charge in [-0.1, -0.05) is 35.9 Å². The van der Waals surface area contributed by atoms with Crippen molar-refractivity contribution in [2.24, 2.45) is 0 Å². The van der Waals surface area contributed by atoms with Gasteiger partial charge in [-0.25, -0.2) is 13.1 Å². The van der Waals surface area contributed by atoms with Crippen LogP contribution in [0.1, 0.15) is 22.3 Å². The minimum absolute atomic E-state index is 0.0603. The number of para-hydroxylation sites is 1. The van der Waals surface area contributed by atoms with Crippen LogP contribution in [0.4, 0.5) is 0 Å². The lowest BCUT2D eigenvalue weighted by atomic mass is 10.1. The molecule has 0 bridgehead atoms. The Kier molecular flexibility index (Phi) is 4.49. The molecule has 0 aliphatic heterocycles. The van der Waals surface area contributed by atoms with Gasteiger partial charge >= 0.3 is 0 Å². The number of pyridine rings is 1. The fourth-order valence-corrected chi connectivity index (χ4v) is 4.61. The van der Waals surface area contributed by atoms with E-state index in [0.29, 0.717) is 16.7 Å². The maximum absolute atomic E-state index is 12.7. The van der Waals surface area contributed by atoms with Gasteiger partial charge in [0, 0.05) is 17.6 Å². The van der Waals surface area contributed by atoms with Crippen LogP contribution < -0.4 is 10.3 Å². The molecule has 0 radical (unpaired) electrons. The monoisotopic (exact) mass is 356 g/mol. The van der Waals surface area contributed by atoms with Gasteiger partial charge in [0.05, 0.1) is 4.90 Å². The molecule has 2 N–H and O–H groups in total. The summed E-state index contributed by atoms with van der Waals surface area (Å²) < 4.78 is 28.0. The van der Waals surface area contributed by atoms with Crippen LogP contribution in [0.2, 0.25) is 0 Å². The summed E-state index contributed by atoms with van der Waals surface area (Å²) >= 11 is 0. The number of hydrogen-bond acceptors (Lipinski definition) is 3. The Morgan fingerprint density at radius 2 is 1.64 bits per heavy atom. The number of aromatic amines is 1. The third-order valence-electron chi connectivity index (χ3n) is 4.16. The van der Waals surface area contributed by atoms with Crippen molar-refractivity contribution in [2.75, 3.05) is 0 Å². The molecule has 0 fully saturated rings. The number of aromatic nitrogens is 1. The zero-order chi connectivity index (χ0) is 18.2. The first-order valence-corrected chi connectivity index (χ1v) is 9.45. The standard InChI is InChI=1S/C19H20N2O3S/c1-12-8-13(2)18(14(3)9-12)25(23,24)20-11-16-10-15-6-4-5-7-17(15)21-19(16)22/h4-10,20H,11H2,1-3H3,(H,21,22). The van der Waals surface area contributed by atoms with Gasteiger partial charge in [-0.05, 0) is 49.4 Å². The highest BCUT2D eigenvalue weighted by molar-refractivity contribution is 7.89. The van der Waals surface area contributed by atoms with Crippen molar-refractivity contribution in [3.8, 4) is 0 Å². The SMILES string of the molecule is Cc1cc(C)c(S(=O)(=O)NCc2cc3ccccc3[nH]c2=O)c(C)c1. The summed E-state index contributed by atoms with van der Waals surface area (Å²) in [4.78, 5) is 15.2. The molecule has 3 aromatic rings. The summed E-state index contributed by atoms with van der Waals surface area (Å²) in [6.45, 7) is 5.42. The van der Waals surface area contributed by atoms with Crippen molar-refractivity contribution < 1.29 is 8.42 Å². The average molecular weight is 356 g/mol. The number of sulfonamides is 1. The van der Waals surface area contributed by atoms with Gasteiger partial charge in [0.1, 0.15) is 0 Å². The van der Waals surface area contributed by atoms with Gasteiger partial charge in [-0.2, -0.15) is 0 Å². The molecule has 0 aliphatic carbocycles. The second-order valence-electron chi connectivity index (χ2n) is 6.26. The molecule has 0 aliphatic rings. The van der Waals surface area contributed by atoms with Gasteiger partial charge < -0.3 is 4.98 Å². The van der Waals surface area contributed by atoms with Gasteiger partial charge in [0.2, 0.25) is 10.0 Å². The zero-order valence-electron chi connectivity index (χ0n) is 14.4. The van der Waals surface area contributed by atoms with E-state index in [1.54, 1.807) is 19.9 Å². The van der Waals surface area contributed by atoms with Crippen molar-refractivity contribution >= 4 is 20.9 Å². The van der Waals surface area contributed by atoms with Crippen molar-refractivity contribution in [2.45, 2.75) is 32.2 Å². The predicted molar refractivity (Wildman–Crippen MR) is 99.2 cm³/mol. The van der Waals surface area contributed by atoms with Crippen LogP contribution >= 0.6 is 0 Å². The van der Waals surface area contributed by atoms with Crippen LogP contribution in [0.15, 0.2) is 52.2 Å². The molecule has 3 rings (SSSR count). The number of aryl methyl sites for hydroxylation is 3. The van der Waals surface area contributed by atoms with E-state index >= 15 is 0 Å². The first kappa shape index (κ1) is 17.4. The van der Waals surface area contributed by atoms with E-state index in [9.17, 15) is 13.2 Å². The first-order valence-electron chi connectivity index (χ1n) is 7.96. The zero-order valence-corrected chi connectivity index (χ0v) is 15.2. The molecule has 25 heavy (non-hydrogen) atoms. The van der Waals surface area contributed by atoms with Crippen LogP contribution in [-0.2, 0) is 16.6 Å². The number of fused-ring (bicyclic) bond motifs is 1. The van der Waals surface area contributed by atoms with Crippen LogP contribution in [0, 0.1) is 20.8 Å². The van der Waals surface area contributed by atoms with E-state index in [-0.39, 0.29) is 17.0 Å². The highest BCUT2D eigenvalue weighted by atomic mass is 32.2. The Morgan fingerprint density at radius 1 is 1.00 bits per heavy atom. The molecule has 6 heteroatoms. The summed E-state index contributed by atoms with van der Waals surface area (Å²) in [6, 6.07) is 12.8. The van der Waals surface area contributed by atoms with Crippen LogP contribution in [-0.4, -0.2) is 13.4 Å². The molecular formula is C19H20N2O3S. The predicted octanol–water partition coefficient (Wildman–Crippen LogP) is 2.93. The van der Waals surface area contributed by atoms with Crippen molar-refractivity contribution in [1.29, 1.82) is 0 Å². The fourth-order valence-electron chi connectivity index (χ4n) is 3.16. The number of nitrogens with one attached hydrogen (secondary N) is 2. The minimum atomic E-state index is -3.71. The highest BCUT2D eigenvalue weighted by Gasteiger charge is 2.20. The molecule has 0 atom stereocenters. The summed E-state index contributed by atoms with van der Waals surface area (Å²) in [6.07, 6.45) is 0. The van der Waals surface area contributed by atoms with Crippen LogP contribution in [0.5, 0.6) is 0 Å². The molecule has 130 valence electrons. The van der Waals surface area contributed by atoms with Crippen molar-refractivity contribution in [3.63, 3.8) is 0 Å². The molecule has 0 amide bonds. The molecule has 2 aromatic carbocycles. The van der Waals surface area contributed by atoms with E-state index < -0.39 is 10.0 Å². The topological polar surface area (TPSA) is 79.0 Å². The molecular weight excluding hydrogens is 336 g/mol. The second kappa shape index (κ2) is 6.46. The van der Waals surface area contributed by atoms with E-state index in [0.717, 1.165) is 16.5 Å². The maximum atomic E-state index is 12.7. The summed E-state index contributed by atoms with van der Waals surface area (Å²) in [5.74, 6) is 0. The number of hydrogen-bond donors (Lipinski definition) is 2. The Hall–Kier alpha value is -2.44. The highest BCUT2D eigenvalue weighted by Crippen LogP contribution is 2.21. The lowest BCUT2D eigenvalue weighted by Crippen LogP contribution is -2.28. The van der Waals surface area contributed by atoms with E-state index in [1.165, 1.54) is 0 Å². The van der Waals surface area contributed by atoms with Crippen molar-refractivity contribution in [3.05, 3.63) is 75.1 Å². The van der Waals surface area contributed by atoms with Crippen LogP contribution in [0.3, 0.4) is 0 Å². The molecule has 0 spiro atoms. The van der Waals surface area contributed by atoms with E-state index in [2.05, 4.69) is 9.71 Å². The van der Waals surface area contributed by atoms with Crippen LogP contribution in [0.25, 0.3) is 10.9 Å². The average Bonchev–Trinajstić information content (AvgIpc) is 2.51. The quantitative estimate of drug-likeness (QED) is 0.754. The van der Waals surface area contributed by atoms with Gasteiger partial charge in [-0.15, -0.1) is 0 Å². The lowest BCUT2D eigenvalue weighted by molar-refractivity contribution is 0.579.